The fourth-order valence-corrected chi connectivity index (χ4v) is 1.98. The molecule has 0 atom stereocenters. The Hall–Kier alpha value is -2.54. The van der Waals surface area contributed by atoms with E-state index in [1.807, 2.05) is 20.8 Å². The number of hydrogen-bond acceptors (Lipinski definition) is 4. The molecule has 3 N–H and O–H groups in total. The van der Waals surface area contributed by atoms with Crippen LogP contribution in [0, 0.1) is 24.4 Å². The molecular formula is C21H29F3N2O2. The highest BCUT2D eigenvalue weighted by molar-refractivity contribution is 5.75. The fraction of sp³-hybridized carbons (Fsp3) is 0.381. The molecule has 156 valence electrons. The number of carbonyl (C=O) groups excluding carboxylic acids is 1. The van der Waals surface area contributed by atoms with Crippen LogP contribution in [0.4, 0.5) is 30.2 Å². The highest BCUT2D eigenvalue weighted by Crippen LogP contribution is 2.31. The average Bonchev–Trinajstić information content (AvgIpc) is 2.70. The zero-order chi connectivity index (χ0) is 21.5. The number of aliphatic hydroxyl groups is 1. The molecule has 0 aromatic heterocycles. The number of hydrogen-bond donors (Lipinski definition) is 3. The Balaban J connectivity index is 0.00000108. The first-order valence-corrected chi connectivity index (χ1v) is 9.24. The van der Waals surface area contributed by atoms with E-state index in [0.29, 0.717) is 25.1 Å². The van der Waals surface area contributed by atoms with Gasteiger partial charge >= 0.3 is 0 Å². The van der Waals surface area contributed by atoms with Crippen molar-refractivity contribution in [2.45, 2.75) is 40.5 Å². The second-order valence-electron chi connectivity index (χ2n) is 5.47. The van der Waals surface area contributed by atoms with Gasteiger partial charge in [-0.1, -0.05) is 26.8 Å². The van der Waals surface area contributed by atoms with Gasteiger partial charge < -0.3 is 20.5 Å². The summed E-state index contributed by atoms with van der Waals surface area (Å²) in [5, 5.41) is 14.2. The summed E-state index contributed by atoms with van der Waals surface area (Å²) in [5.41, 5.74) is 0.914. The first-order valence-electron chi connectivity index (χ1n) is 9.24. The normalized spacial score (nSPS) is 9.43. The predicted octanol–water partition coefficient (Wildman–Crippen LogP) is 5.57. The molecule has 0 radical (unpaired) electrons. The third-order valence-electron chi connectivity index (χ3n) is 3.30. The second kappa shape index (κ2) is 14.5. The van der Waals surface area contributed by atoms with E-state index >= 15 is 0 Å². The van der Waals surface area contributed by atoms with Crippen molar-refractivity contribution in [2.75, 3.05) is 23.8 Å². The molecule has 2 rings (SSSR count). The van der Waals surface area contributed by atoms with Crippen molar-refractivity contribution in [2.24, 2.45) is 0 Å². The van der Waals surface area contributed by atoms with Gasteiger partial charge in [0.25, 0.3) is 0 Å². The van der Waals surface area contributed by atoms with Crippen LogP contribution >= 0.6 is 0 Å². The number of rotatable bonds is 7. The number of carbonyl (C=O) groups is 1. The average molecular weight is 398 g/mol. The summed E-state index contributed by atoms with van der Waals surface area (Å²) in [4.78, 5) is 9.17. The summed E-state index contributed by atoms with van der Waals surface area (Å²) in [6.45, 7) is 7.91. The third-order valence-corrected chi connectivity index (χ3v) is 3.30. The summed E-state index contributed by atoms with van der Waals surface area (Å²) < 4.78 is 41.3. The number of aldehydes is 1. The van der Waals surface area contributed by atoms with E-state index in [-0.39, 0.29) is 18.0 Å². The molecule has 28 heavy (non-hydrogen) atoms. The van der Waals surface area contributed by atoms with E-state index in [9.17, 15) is 18.0 Å². The van der Waals surface area contributed by atoms with Crippen LogP contribution in [0.1, 0.15) is 39.2 Å². The number of aryl methyl sites for hydroxylation is 1. The zero-order valence-corrected chi connectivity index (χ0v) is 16.8. The summed E-state index contributed by atoms with van der Waals surface area (Å²) >= 11 is 0. The van der Waals surface area contributed by atoms with Crippen molar-refractivity contribution >= 4 is 23.3 Å². The minimum atomic E-state index is -1.09. The van der Waals surface area contributed by atoms with Crippen molar-refractivity contribution in [3.8, 4) is 0 Å². The molecule has 0 bridgehead atoms. The van der Waals surface area contributed by atoms with Gasteiger partial charge in [0.2, 0.25) is 0 Å². The summed E-state index contributed by atoms with van der Waals surface area (Å²) in [6.07, 6.45) is 1.97. The largest absolute Gasteiger partial charge is 0.396 e. The van der Waals surface area contributed by atoms with Gasteiger partial charge in [-0.25, -0.2) is 13.2 Å². The highest BCUT2D eigenvalue weighted by atomic mass is 19.2. The van der Waals surface area contributed by atoms with Crippen molar-refractivity contribution in [3.05, 3.63) is 53.3 Å². The van der Waals surface area contributed by atoms with Crippen LogP contribution in [0.3, 0.4) is 0 Å². The summed E-state index contributed by atoms with van der Waals surface area (Å²) in [7, 11) is 0. The lowest BCUT2D eigenvalue weighted by Gasteiger charge is -2.15. The quantitative estimate of drug-likeness (QED) is 0.421. The Bertz CT molecular complexity index is 725. The van der Waals surface area contributed by atoms with E-state index in [0.717, 1.165) is 17.9 Å². The molecule has 7 heteroatoms. The zero-order valence-electron chi connectivity index (χ0n) is 16.8. The van der Waals surface area contributed by atoms with Crippen LogP contribution in [-0.2, 0) is 4.79 Å². The minimum Gasteiger partial charge on any atom is -0.396 e. The van der Waals surface area contributed by atoms with Crippen LogP contribution < -0.4 is 10.6 Å². The van der Waals surface area contributed by atoms with E-state index in [1.165, 1.54) is 18.2 Å². The van der Waals surface area contributed by atoms with Crippen LogP contribution in [0.25, 0.3) is 0 Å². The van der Waals surface area contributed by atoms with Gasteiger partial charge in [0.05, 0.1) is 11.4 Å². The smallest absolute Gasteiger partial charge is 0.184 e. The van der Waals surface area contributed by atoms with Gasteiger partial charge in [-0.15, -0.1) is 0 Å². The maximum Gasteiger partial charge on any atom is 0.184 e. The molecule has 0 unspecified atom stereocenters. The Morgan fingerprint density at radius 3 is 2.18 bits per heavy atom. The first-order chi connectivity index (χ1) is 13.4. The molecule has 0 aliphatic rings. The van der Waals surface area contributed by atoms with Crippen molar-refractivity contribution in [1.29, 1.82) is 0 Å². The van der Waals surface area contributed by atoms with E-state index in [4.69, 9.17) is 5.11 Å². The first kappa shape index (κ1) is 25.5. The van der Waals surface area contributed by atoms with Crippen LogP contribution in [0.15, 0.2) is 30.3 Å². The SMILES string of the molecule is CC.CCC=O.Cc1ccc(Nc2c(NCCCO)ccc(F)c2F)c(F)c1. The van der Waals surface area contributed by atoms with Crippen LogP contribution in [0.2, 0.25) is 0 Å². The lowest BCUT2D eigenvalue weighted by Crippen LogP contribution is -2.08. The molecule has 4 nitrogen and oxygen atoms in total. The fourth-order valence-electron chi connectivity index (χ4n) is 1.98. The molecule has 2 aromatic carbocycles. The van der Waals surface area contributed by atoms with Gasteiger partial charge in [-0.05, 0) is 43.2 Å². The van der Waals surface area contributed by atoms with Crippen molar-refractivity contribution < 1.29 is 23.1 Å². The number of halogens is 3. The standard InChI is InChI=1S/C16H17F3N2O.C3H6O.C2H6/c1-10-3-5-13(12(18)9-10)21-16-14(20-7-2-8-22)6-4-11(17)15(16)19;1-2-3-4;1-2/h3-6,9,20-22H,2,7-8H2,1H3;3H,2H2,1H3;1-2H3. The molecule has 0 heterocycles. The number of nitrogens with one attached hydrogen (secondary N) is 2. The molecule has 0 saturated heterocycles. The monoisotopic (exact) mass is 398 g/mol. The highest BCUT2D eigenvalue weighted by Gasteiger charge is 2.15. The van der Waals surface area contributed by atoms with E-state index in [2.05, 4.69) is 10.6 Å². The maximum absolute atomic E-state index is 14.0. The third kappa shape index (κ3) is 8.43. The van der Waals surface area contributed by atoms with Gasteiger partial charge in [0, 0.05) is 19.6 Å². The van der Waals surface area contributed by atoms with Gasteiger partial charge in [0.15, 0.2) is 11.6 Å². The Morgan fingerprint density at radius 1 is 1.04 bits per heavy atom. The molecule has 0 aliphatic heterocycles. The Labute approximate surface area is 164 Å². The molecular weight excluding hydrogens is 369 g/mol. The Kier molecular flexibility index (Phi) is 13.2. The Morgan fingerprint density at radius 2 is 1.64 bits per heavy atom. The predicted molar refractivity (Wildman–Crippen MR) is 109 cm³/mol. The van der Waals surface area contributed by atoms with Crippen LogP contribution in [-0.4, -0.2) is 24.5 Å². The van der Waals surface area contributed by atoms with E-state index in [1.54, 1.807) is 13.0 Å². The van der Waals surface area contributed by atoms with Crippen molar-refractivity contribution in [3.63, 3.8) is 0 Å². The topological polar surface area (TPSA) is 61.4 Å². The van der Waals surface area contributed by atoms with E-state index < -0.39 is 17.5 Å². The van der Waals surface area contributed by atoms with Gasteiger partial charge in [-0.3, -0.25) is 0 Å². The second-order valence-corrected chi connectivity index (χ2v) is 5.47. The summed E-state index contributed by atoms with van der Waals surface area (Å²) in [5.74, 6) is -2.67. The van der Waals surface area contributed by atoms with Crippen LogP contribution in [0.5, 0.6) is 0 Å². The number of anilines is 3. The van der Waals surface area contributed by atoms with Crippen molar-refractivity contribution in [1.82, 2.24) is 0 Å². The lowest BCUT2D eigenvalue weighted by atomic mass is 10.2. The minimum absolute atomic E-state index is 0.0218. The van der Waals surface area contributed by atoms with Gasteiger partial charge in [-0.2, -0.15) is 0 Å². The molecule has 2 aromatic rings. The summed E-state index contributed by atoms with van der Waals surface area (Å²) in [6, 6.07) is 6.80. The molecule has 0 amide bonds. The molecule has 0 saturated carbocycles. The molecule has 0 aliphatic carbocycles. The molecule has 0 fully saturated rings. The lowest BCUT2D eigenvalue weighted by molar-refractivity contribution is -0.107. The molecule has 0 spiro atoms. The number of aliphatic hydroxyl groups excluding tert-OH is 1. The number of benzene rings is 2. The maximum atomic E-state index is 14.0. The van der Waals surface area contributed by atoms with Gasteiger partial charge in [0.1, 0.15) is 17.8 Å².